The molecular weight excluding hydrogens is 533 g/mol. The molecule has 0 unspecified atom stereocenters. The minimum absolute atomic E-state index is 0.114. The molecule has 1 heterocycles. The van der Waals surface area contributed by atoms with E-state index in [9.17, 15) is 18.0 Å². The molecule has 1 N–H and O–H groups in total. The molecule has 11 heteroatoms. The molecule has 180 valence electrons. The van der Waals surface area contributed by atoms with Crippen molar-refractivity contribution in [3.63, 3.8) is 0 Å². The maximum absolute atomic E-state index is 13.4. The van der Waals surface area contributed by atoms with E-state index in [0.717, 1.165) is 11.8 Å². The molecule has 0 bridgehead atoms. The number of benzene rings is 3. The van der Waals surface area contributed by atoms with Crippen molar-refractivity contribution in [2.75, 3.05) is 11.6 Å². The van der Waals surface area contributed by atoms with E-state index in [1.807, 2.05) is 6.07 Å². The second-order valence-electron chi connectivity index (χ2n) is 7.73. The summed E-state index contributed by atoms with van der Waals surface area (Å²) in [6.45, 7) is 0.227. The summed E-state index contributed by atoms with van der Waals surface area (Å²) in [5, 5.41) is 3.79. The molecule has 3 aromatic carbocycles. The predicted octanol–water partition coefficient (Wildman–Crippen LogP) is 5.30. The molecule has 0 saturated heterocycles. The molecule has 0 atom stereocenters. The minimum Gasteiger partial charge on any atom is -0.322 e. The van der Waals surface area contributed by atoms with Crippen molar-refractivity contribution in [2.45, 2.75) is 11.4 Å². The third-order valence-electron chi connectivity index (χ3n) is 5.11. The summed E-state index contributed by atoms with van der Waals surface area (Å²) >= 11 is 18.5. The molecule has 0 spiro atoms. The number of aromatic nitrogens is 2. The number of amides is 1. The van der Waals surface area contributed by atoms with E-state index < -0.39 is 21.3 Å². The first kappa shape index (κ1) is 25.1. The van der Waals surface area contributed by atoms with Gasteiger partial charge in [0.2, 0.25) is 0 Å². The topological polar surface area (TPSA) is 90.2 Å². The van der Waals surface area contributed by atoms with Crippen LogP contribution < -0.4 is 10.9 Å². The summed E-state index contributed by atoms with van der Waals surface area (Å²) in [5.41, 5.74) is 0.751. The molecule has 0 aliphatic heterocycles. The van der Waals surface area contributed by atoms with Crippen molar-refractivity contribution >= 4 is 56.2 Å². The largest absolute Gasteiger partial charge is 0.322 e. The SMILES string of the molecule is CS(=O)(=O)c1ccc(NC(=O)c2cn(Cc3cccc(Cl)c3)n(-c3ccc(Cl)cc3Cl)c2=O)cc1. The van der Waals surface area contributed by atoms with Gasteiger partial charge >= 0.3 is 0 Å². The van der Waals surface area contributed by atoms with Crippen LogP contribution in [0.5, 0.6) is 0 Å². The summed E-state index contributed by atoms with van der Waals surface area (Å²) < 4.78 is 26.2. The maximum Gasteiger partial charge on any atom is 0.284 e. The van der Waals surface area contributed by atoms with E-state index in [2.05, 4.69) is 5.32 Å². The molecule has 1 aromatic heterocycles. The first-order chi connectivity index (χ1) is 16.5. The highest BCUT2D eigenvalue weighted by Crippen LogP contribution is 2.24. The van der Waals surface area contributed by atoms with E-state index in [4.69, 9.17) is 34.8 Å². The number of carbonyl (C=O) groups excluding carboxylic acids is 1. The number of hydrogen-bond acceptors (Lipinski definition) is 4. The van der Waals surface area contributed by atoms with Crippen molar-refractivity contribution in [3.8, 4) is 5.69 Å². The molecular formula is C24H18Cl3N3O4S. The van der Waals surface area contributed by atoms with E-state index >= 15 is 0 Å². The third-order valence-corrected chi connectivity index (χ3v) is 7.02. The Hall–Kier alpha value is -3.04. The number of nitrogens with zero attached hydrogens (tertiary/aromatic N) is 2. The van der Waals surface area contributed by atoms with Crippen molar-refractivity contribution in [3.05, 3.63) is 109 Å². The quantitative estimate of drug-likeness (QED) is 0.353. The Morgan fingerprint density at radius 1 is 0.943 bits per heavy atom. The molecule has 0 saturated carbocycles. The molecule has 0 aliphatic rings. The lowest BCUT2D eigenvalue weighted by Gasteiger charge is -2.13. The molecule has 0 radical (unpaired) electrons. The van der Waals surface area contributed by atoms with Crippen LogP contribution in [-0.2, 0) is 16.4 Å². The van der Waals surface area contributed by atoms with Crippen molar-refractivity contribution in [1.82, 2.24) is 9.36 Å². The van der Waals surface area contributed by atoms with Gasteiger partial charge in [0.05, 0.1) is 22.2 Å². The zero-order chi connectivity index (χ0) is 25.3. The van der Waals surface area contributed by atoms with Gasteiger partial charge in [0.15, 0.2) is 9.84 Å². The van der Waals surface area contributed by atoms with Gasteiger partial charge in [0.1, 0.15) is 5.56 Å². The number of rotatable bonds is 6. The maximum atomic E-state index is 13.4. The van der Waals surface area contributed by atoms with E-state index in [0.29, 0.717) is 21.4 Å². The van der Waals surface area contributed by atoms with Gasteiger partial charge in [0.25, 0.3) is 11.5 Å². The standard InChI is InChI=1S/C24H18Cl3N3O4S/c1-35(33,34)19-8-6-18(7-9-19)28-23(31)20-14-29(13-15-3-2-4-16(25)11-15)30(24(20)32)22-10-5-17(26)12-21(22)27/h2-12,14H,13H2,1H3,(H,28,31). The Kier molecular flexibility index (Phi) is 7.10. The molecule has 7 nitrogen and oxygen atoms in total. The molecule has 35 heavy (non-hydrogen) atoms. The van der Waals surface area contributed by atoms with Gasteiger partial charge in [-0.15, -0.1) is 0 Å². The van der Waals surface area contributed by atoms with Crippen LogP contribution in [0.1, 0.15) is 15.9 Å². The van der Waals surface area contributed by atoms with Crippen LogP contribution in [0, 0.1) is 0 Å². The second kappa shape index (κ2) is 9.91. The number of nitrogens with one attached hydrogen (secondary N) is 1. The van der Waals surface area contributed by atoms with E-state index in [1.54, 1.807) is 35.0 Å². The minimum atomic E-state index is -3.38. The van der Waals surface area contributed by atoms with Crippen LogP contribution in [0.3, 0.4) is 0 Å². The second-order valence-corrected chi connectivity index (χ2v) is 11.0. The summed E-state index contributed by atoms with van der Waals surface area (Å²) in [7, 11) is -3.38. The van der Waals surface area contributed by atoms with Gasteiger partial charge in [-0.2, -0.15) is 0 Å². The van der Waals surface area contributed by atoms with Gasteiger partial charge in [-0.3, -0.25) is 14.3 Å². The van der Waals surface area contributed by atoms with Crippen LogP contribution >= 0.6 is 34.8 Å². The highest BCUT2D eigenvalue weighted by molar-refractivity contribution is 7.90. The average molecular weight is 551 g/mol. The highest BCUT2D eigenvalue weighted by atomic mass is 35.5. The van der Waals surface area contributed by atoms with Gasteiger partial charge in [-0.1, -0.05) is 46.9 Å². The summed E-state index contributed by atoms with van der Waals surface area (Å²) in [6, 6.07) is 17.5. The van der Waals surface area contributed by atoms with Crippen LogP contribution in [0.2, 0.25) is 15.1 Å². The fraction of sp³-hybridized carbons (Fsp3) is 0.0833. The fourth-order valence-electron chi connectivity index (χ4n) is 3.47. The Morgan fingerprint density at radius 2 is 1.63 bits per heavy atom. The number of hydrogen-bond donors (Lipinski definition) is 1. The Balaban J connectivity index is 1.75. The normalized spacial score (nSPS) is 11.4. The van der Waals surface area contributed by atoms with Gasteiger partial charge in [-0.05, 0) is 60.2 Å². The van der Waals surface area contributed by atoms with Gasteiger partial charge < -0.3 is 5.32 Å². The summed E-state index contributed by atoms with van der Waals surface area (Å²) in [4.78, 5) is 26.5. The molecule has 4 rings (SSSR count). The van der Waals surface area contributed by atoms with Gasteiger partial charge in [0, 0.05) is 28.2 Å². The summed E-state index contributed by atoms with van der Waals surface area (Å²) in [6.07, 6.45) is 2.52. The Morgan fingerprint density at radius 3 is 2.26 bits per heavy atom. The lowest BCUT2D eigenvalue weighted by molar-refractivity contribution is 0.102. The van der Waals surface area contributed by atoms with Crippen LogP contribution in [0.25, 0.3) is 5.69 Å². The lowest BCUT2D eigenvalue weighted by Crippen LogP contribution is -2.26. The Bertz CT molecular complexity index is 1590. The fourth-order valence-corrected chi connectivity index (χ4v) is 4.80. The number of carbonyl (C=O) groups is 1. The first-order valence-corrected chi connectivity index (χ1v) is 13.2. The van der Waals surface area contributed by atoms with Crippen molar-refractivity contribution in [2.24, 2.45) is 0 Å². The number of halogens is 3. The molecule has 0 aliphatic carbocycles. The summed E-state index contributed by atoms with van der Waals surface area (Å²) in [5.74, 6) is -0.661. The zero-order valence-corrected chi connectivity index (χ0v) is 21.3. The lowest BCUT2D eigenvalue weighted by atomic mass is 10.2. The van der Waals surface area contributed by atoms with Crippen LogP contribution in [0.15, 0.2) is 82.6 Å². The smallest absolute Gasteiger partial charge is 0.284 e. The van der Waals surface area contributed by atoms with E-state index in [-0.39, 0.29) is 22.0 Å². The molecule has 1 amide bonds. The highest BCUT2D eigenvalue weighted by Gasteiger charge is 2.21. The van der Waals surface area contributed by atoms with Gasteiger partial charge in [-0.25, -0.2) is 13.1 Å². The van der Waals surface area contributed by atoms with Crippen LogP contribution in [-0.4, -0.2) is 29.9 Å². The average Bonchev–Trinajstić information content (AvgIpc) is 3.09. The Labute approximate surface area is 216 Å². The monoisotopic (exact) mass is 549 g/mol. The third kappa shape index (κ3) is 5.62. The van der Waals surface area contributed by atoms with Crippen LogP contribution in [0.4, 0.5) is 5.69 Å². The first-order valence-electron chi connectivity index (χ1n) is 10.2. The predicted molar refractivity (Wildman–Crippen MR) is 138 cm³/mol. The van der Waals surface area contributed by atoms with E-state index in [1.165, 1.54) is 41.2 Å². The zero-order valence-electron chi connectivity index (χ0n) is 18.2. The molecule has 0 fully saturated rings. The number of anilines is 1. The van der Waals surface area contributed by atoms with Crippen molar-refractivity contribution < 1.29 is 13.2 Å². The molecule has 4 aromatic rings. The van der Waals surface area contributed by atoms with Crippen molar-refractivity contribution in [1.29, 1.82) is 0 Å². The number of sulfone groups is 1.